The molecule has 0 aromatic heterocycles. The first-order chi connectivity index (χ1) is 12.8. The fourth-order valence-corrected chi connectivity index (χ4v) is 4.63. The summed E-state index contributed by atoms with van der Waals surface area (Å²) in [6.45, 7) is 3.77. The van der Waals surface area contributed by atoms with E-state index in [0.717, 1.165) is 25.6 Å². The largest absolute Gasteiger partial charge is 0.348 e. The molecule has 4 nitrogen and oxygen atoms in total. The van der Waals surface area contributed by atoms with Gasteiger partial charge in [0.05, 0.1) is 12.6 Å². The molecule has 2 N–H and O–H groups in total. The van der Waals surface area contributed by atoms with Gasteiger partial charge in [0.1, 0.15) is 0 Å². The zero-order valence-corrected chi connectivity index (χ0v) is 16.3. The minimum atomic E-state index is 0.180. The molecule has 26 heavy (non-hydrogen) atoms. The van der Waals surface area contributed by atoms with Gasteiger partial charge in [-0.15, -0.1) is 0 Å². The Kier molecular flexibility index (Phi) is 7.51. The third-order valence-electron chi connectivity index (χ3n) is 6.22. The quantitative estimate of drug-likeness (QED) is 0.750. The van der Waals surface area contributed by atoms with Crippen LogP contribution in [-0.4, -0.2) is 44.0 Å². The monoisotopic (exact) mass is 357 g/mol. The zero-order chi connectivity index (χ0) is 18.2. The lowest BCUT2D eigenvalue weighted by atomic mass is 9.91. The Balaban J connectivity index is 1.50. The van der Waals surface area contributed by atoms with Gasteiger partial charge in [-0.2, -0.15) is 0 Å². The summed E-state index contributed by atoms with van der Waals surface area (Å²) in [5.74, 6) is 1.60. The van der Waals surface area contributed by atoms with Crippen LogP contribution >= 0.6 is 0 Å². The molecule has 1 heterocycles. The normalized spacial score (nSPS) is 21.0. The maximum Gasteiger partial charge on any atom is 0.234 e. The van der Waals surface area contributed by atoms with E-state index in [-0.39, 0.29) is 11.9 Å². The number of piperidine rings is 1. The Hall–Kier alpha value is -1.39. The third-order valence-corrected chi connectivity index (χ3v) is 6.22. The van der Waals surface area contributed by atoms with Gasteiger partial charge in [0.25, 0.3) is 0 Å². The van der Waals surface area contributed by atoms with Crippen LogP contribution in [0.3, 0.4) is 0 Å². The molecule has 1 saturated carbocycles. The van der Waals surface area contributed by atoms with Crippen molar-refractivity contribution >= 4 is 5.91 Å². The number of nitrogens with one attached hydrogen (secondary N) is 2. The molecule has 144 valence electrons. The number of rotatable bonds is 8. The summed E-state index contributed by atoms with van der Waals surface area (Å²) in [5.41, 5.74) is 1.26. The second-order valence-electron chi connectivity index (χ2n) is 8.11. The fraction of sp³-hybridized carbons (Fsp3) is 0.682. The van der Waals surface area contributed by atoms with Crippen molar-refractivity contribution in [2.24, 2.45) is 11.8 Å². The number of hydrogen-bond donors (Lipinski definition) is 2. The number of hydrogen-bond acceptors (Lipinski definition) is 3. The van der Waals surface area contributed by atoms with E-state index in [2.05, 4.69) is 45.9 Å². The van der Waals surface area contributed by atoms with E-state index in [4.69, 9.17) is 0 Å². The van der Waals surface area contributed by atoms with Gasteiger partial charge in [-0.25, -0.2) is 0 Å². The van der Waals surface area contributed by atoms with Crippen molar-refractivity contribution in [2.75, 3.05) is 33.2 Å². The molecule has 1 aromatic carbocycles. The molecule has 3 rings (SSSR count). The molecule has 1 aliphatic heterocycles. The van der Waals surface area contributed by atoms with E-state index in [1.807, 2.05) is 7.05 Å². The minimum Gasteiger partial charge on any atom is -0.348 e. The highest BCUT2D eigenvalue weighted by atomic mass is 16.2. The third kappa shape index (κ3) is 5.55. The smallest absolute Gasteiger partial charge is 0.234 e. The Morgan fingerprint density at radius 3 is 2.46 bits per heavy atom. The van der Waals surface area contributed by atoms with Crippen LogP contribution < -0.4 is 10.6 Å². The Labute approximate surface area is 158 Å². The van der Waals surface area contributed by atoms with Gasteiger partial charge in [-0.05, 0) is 76.2 Å². The second kappa shape index (κ2) is 10.1. The van der Waals surface area contributed by atoms with E-state index < -0.39 is 0 Å². The minimum absolute atomic E-state index is 0.180. The Morgan fingerprint density at radius 2 is 1.81 bits per heavy atom. The molecular formula is C22H35N3O. The highest BCUT2D eigenvalue weighted by Gasteiger charge is 2.28. The van der Waals surface area contributed by atoms with E-state index in [1.54, 1.807) is 0 Å². The first-order valence-electron chi connectivity index (χ1n) is 10.5. The van der Waals surface area contributed by atoms with Gasteiger partial charge < -0.3 is 10.6 Å². The molecule has 1 unspecified atom stereocenters. The molecule has 0 radical (unpaired) electrons. The number of carbonyl (C=O) groups excluding carboxylic acids is 1. The van der Waals surface area contributed by atoms with Gasteiger partial charge in [-0.1, -0.05) is 43.2 Å². The molecule has 0 spiro atoms. The Morgan fingerprint density at radius 1 is 1.12 bits per heavy atom. The molecular weight excluding hydrogens is 322 g/mol. The maximum atomic E-state index is 12.7. The summed E-state index contributed by atoms with van der Waals surface area (Å²) in [4.78, 5) is 15.1. The van der Waals surface area contributed by atoms with Crippen LogP contribution in [0.25, 0.3) is 0 Å². The van der Waals surface area contributed by atoms with E-state index >= 15 is 0 Å². The van der Waals surface area contributed by atoms with Gasteiger partial charge >= 0.3 is 0 Å². The number of benzene rings is 1. The molecule has 1 saturated heterocycles. The standard InChI is InChI=1S/C22H35N3O/c1-23-14-11-18-12-15-25(16-13-18)17-21(26)24-22(20-9-5-6-10-20)19-7-3-2-4-8-19/h2-4,7-8,18,20,22-23H,5-6,9-17H2,1H3,(H,24,26). The van der Waals surface area contributed by atoms with Crippen LogP contribution in [0.15, 0.2) is 30.3 Å². The van der Waals surface area contributed by atoms with Crippen molar-refractivity contribution in [2.45, 2.75) is 51.0 Å². The molecule has 2 aliphatic rings. The average Bonchev–Trinajstić information content (AvgIpc) is 3.21. The second-order valence-corrected chi connectivity index (χ2v) is 8.11. The maximum absolute atomic E-state index is 12.7. The number of likely N-dealkylation sites (tertiary alicyclic amines) is 1. The van der Waals surface area contributed by atoms with E-state index in [1.165, 1.54) is 50.5 Å². The van der Waals surface area contributed by atoms with E-state index in [9.17, 15) is 4.79 Å². The predicted molar refractivity (Wildman–Crippen MR) is 107 cm³/mol. The molecule has 1 atom stereocenters. The van der Waals surface area contributed by atoms with Gasteiger partial charge in [-0.3, -0.25) is 9.69 Å². The van der Waals surface area contributed by atoms with Gasteiger partial charge in [0.2, 0.25) is 5.91 Å². The van der Waals surface area contributed by atoms with Crippen LogP contribution in [0.2, 0.25) is 0 Å². The van der Waals surface area contributed by atoms with Gasteiger partial charge in [0, 0.05) is 0 Å². The van der Waals surface area contributed by atoms with Crippen molar-refractivity contribution in [1.29, 1.82) is 0 Å². The van der Waals surface area contributed by atoms with Crippen LogP contribution in [-0.2, 0) is 4.79 Å². The van der Waals surface area contributed by atoms with Crippen molar-refractivity contribution in [3.05, 3.63) is 35.9 Å². The van der Waals surface area contributed by atoms with Crippen molar-refractivity contribution < 1.29 is 4.79 Å². The highest BCUT2D eigenvalue weighted by molar-refractivity contribution is 5.78. The van der Waals surface area contributed by atoms with E-state index in [0.29, 0.717) is 12.5 Å². The first-order valence-corrected chi connectivity index (χ1v) is 10.5. The summed E-state index contributed by atoms with van der Waals surface area (Å²) in [5, 5.41) is 6.62. The molecule has 4 heteroatoms. The highest BCUT2D eigenvalue weighted by Crippen LogP contribution is 2.35. The van der Waals surface area contributed by atoms with Crippen LogP contribution in [0.5, 0.6) is 0 Å². The summed E-state index contributed by atoms with van der Waals surface area (Å²) >= 11 is 0. The molecule has 1 amide bonds. The lowest BCUT2D eigenvalue weighted by molar-refractivity contribution is -0.123. The lowest BCUT2D eigenvalue weighted by Gasteiger charge is -2.32. The zero-order valence-electron chi connectivity index (χ0n) is 16.3. The van der Waals surface area contributed by atoms with Crippen molar-refractivity contribution in [1.82, 2.24) is 15.5 Å². The molecule has 1 aromatic rings. The predicted octanol–water partition coefficient (Wildman–Crippen LogP) is 3.36. The topological polar surface area (TPSA) is 44.4 Å². The van der Waals surface area contributed by atoms with Crippen LogP contribution in [0.1, 0.15) is 56.6 Å². The first kappa shape index (κ1) is 19.4. The lowest BCUT2D eigenvalue weighted by Crippen LogP contribution is -2.43. The van der Waals surface area contributed by atoms with Crippen LogP contribution in [0, 0.1) is 11.8 Å². The number of nitrogens with zero attached hydrogens (tertiary/aromatic N) is 1. The Bertz CT molecular complexity index is 534. The fourth-order valence-electron chi connectivity index (χ4n) is 4.63. The summed E-state index contributed by atoms with van der Waals surface area (Å²) in [6, 6.07) is 10.7. The van der Waals surface area contributed by atoms with Crippen molar-refractivity contribution in [3.63, 3.8) is 0 Å². The van der Waals surface area contributed by atoms with Crippen molar-refractivity contribution in [3.8, 4) is 0 Å². The molecule has 1 aliphatic carbocycles. The number of carbonyl (C=O) groups is 1. The summed E-state index contributed by atoms with van der Waals surface area (Å²) < 4.78 is 0. The molecule has 2 fully saturated rings. The summed E-state index contributed by atoms with van der Waals surface area (Å²) in [7, 11) is 2.02. The van der Waals surface area contributed by atoms with Crippen LogP contribution in [0.4, 0.5) is 0 Å². The molecule has 0 bridgehead atoms. The SMILES string of the molecule is CNCCC1CCN(CC(=O)NC(c2ccccc2)C2CCCC2)CC1. The number of amides is 1. The van der Waals surface area contributed by atoms with Gasteiger partial charge in [0.15, 0.2) is 0 Å². The average molecular weight is 358 g/mol. The summed E-state index contributed by atoms with van der Waals surface area (Å²) in [6.07, 6.45) is 8.76.